The SMILES string of the molecule is CS(=O)(=O)c1cccc(-c2ccc(COCc3ccc(CP(=O)(OF)OF)c(Br)c3)cc2)c1. The van der Waals surface area contributed by atoms with E-state index in [-0.39, 0.29) is 11.5 Å². The molecule has 0 N–H and O–H groups in total. The van der Waals surface area contributed by atoms with E-state index in [0.29, 0.717) is 16.6 Å². The molecule has 0 bridgehead atoms. The van der Waals surface area contributed by atoms with Gasteiger partial charge in [-0.3, -0.25) is 4.57 Å². The van der Waals surface area contributed by atoms with E-state index in [2.05, 4.69) is 25.4 Å². The fourth-order valence-electron chi connectivity index (χ4n) is 3.06. The minimum Gasteiger partial charge on any atom is -0.372 e. The molecule has 176 valence electrons. The third-order valence-electron chi connectivity index (χ3n) is 4.78. The summed E-state index contributed by atoms with van der Waals surface area (Å²) >= 11 is 3.27. The minimum atomic E-state index is -4.47. The van der Waals surface area contributed by atoms with Gasteiger partial charge in [0, 0.05) is 10.7 Å². The zero-order chi connectivity index (χ0) is 24.1. The number of rotatable bonds is 10. The Balaban J connectivity index is 1.59. The highest BCUT2D eigenvalue weighted by molar-refractivity contribution is 9.10. The molecule has 0 saturated heterocycles. The van der Waals surface area contributed by atoms with Gasteiger partial charge in [-0.15, -0.1) is 9.46 Å². The smallest absolute Gasteiger partial charge is 0.372 e. The van der Waals surface area contributed by atoms with Crippen LogP contribution in [0.4, 0.5) is 9.05 Å². The molecule has 0 unspecified atom stereocenters. The van der Waals surface area contributed by atoms with Crippen molar-refractivity contribution < 1.29 is 36.2 Å². The van der Waals surface area contributed by atoms with Gasteiger partial charge in [0.15, 0.2) is 9.84 Å². The number of halogens is 3. The maximum atomic E-state index is 12.3. The molecule has 0 fully saturated rings. The quantitative estimate of drug-likeness (QED) is 0.256. The van der Waals surface area contributed by atoms with Gasteiger partial charge in [-0.1, -0.05) is 64.5 Å². The van der Waals surface area contributed by atoms with Crippen molar-refractivity contribution in [3.05, 3.63) is 87.9 Å². The second-order valence-corrected chi connectivity index (χ2v) is 12.0. The fraction of sp³-hybridized carbons (Fsp3) is 0.182. The van der Waals surface area contributed by atoms with Crippen LogP contribution >= 0.6 is 23.5 Å². The first kappa shape index (κ1) is 25.7. The van der Waals surface area contributed by atoms with Crippen molar-refractivity contribution >= 4 is 33.4 Å². The van der Waals surface area contributed by atoms with Crippen molar-refractivity contribution in [2.45, 2.75) is 24.3 Å². The zero-order valence-corrected chi connectivity index (χ0v) is 20.7. The molecule has 0 aromatic heterocycles. The van der Waals surface area contributed by atoms with E-state index < -0.39 is 23.6 Å². The number of hydrogen-bond acceptors (Lipinski definition) is 6. The average Bonchev–Trinajstić information content (AvgIpc) is 2.81. The van der Waals surface area contributed by atoms with Crippen LogP contribution < -0.4 is 0 Å². The molecule has 3 rings (SSSR count). The molecule has 3 aromatic carbocycles. The van der Waals surface area contributed by atoms with E-state index in [1.54, 1.807) is 36.4 Å². The van der Waals surface area contributed by atoms with Crippen molar-refractivity contribution in [1.82, 2.24) is 0 Å². The lowest BCUT2D eigenvalue weighted by Gasteiger charge is -2.11. The van der Waals surface area contributed by atoms with Crippen LogP contribution in [0, 0.1) is 0 Å². The Morgan fingerprint density at radius 1 is 0.879 bits per heavy atom. The van der Waals surface area contributed by atoms with Crippen molar-refractivity contribution in [3.63, 3.8) is 0 Å². The fourth-order valence-corrected chi connectivity index (χ4v) is 5.33. The zero-order valence-electron chi connectivity index (χ0n) is 17.4. The Labute approximate surface area is 198 Å². The number of ether oxygens (including phenoxy) is 1. The molecule has 0 aliphatic carbocycles. The Morgan fingerprint density at radius 3 is 2.12 bits per heavy atom. The third-order valence-corrected chi connectivity index (χ3v) is 7.78. The second kappa shape index (κ2) is 11.0. The third kappa shape index (κ3) is 7.02. The lowest BCUT2D eigenvalue weighted by molar-refractivity contribution is -0.0881. The maximum Gasteiger partial charge on any atom is 0.399 e. The summed E-state index contributed by atoms with van der Waals surface area (Å²) in [5, 5.41) is 0. The Hall–Kier alpha value is -1.94. The summed E-state index contributed by atoms with van der Waals surface area (Å²) in [6.45, 7) is 0.609. The summed E-state index contributed by atoms with van der Waals surface area (Å²) < 4.78 is 72.1. The molecular formula is C22H20BrF2O6PS. The van der Waals surface area contributed by atoms with Gasteiger partial charge in [0.05, 0.1) is 24.3 Å². The molecule has 0 aliphatic rings. The van der Waals surface area contributed by atoms with Crippen LogP contribution in [0.3, 0.4) is 0 Å². The number of hydrogen-bond donors (Lipinski definition) is 0. The van der Waals surface area contributed by atoms with E-state index >= 15 is 0 Å². The van der Waals surface area contributed by atoms with Crippen LogP contribution in [0.5, 0.6) is 0 Å². The van der Waals surface area contributed by atoms with Gasteiger partial charge in [0.1, 0.15) is 0 Å². The standard InChI is InChI=1S/C22H20BrF2O6PS/c1-33(27,28)21-4-2-3-19(12-21)18-8-5-16(6-9-18)13-29-14-17-7-10-20(22(23)11-17)15-32(26,30-24)31-25/h2-12H,13-15H2,1H3. The highest BCUT2D eigenvalue weighted by Crippen LogP contribution is 2.53. The highest BCUT2D eigenvalue weighted by Gasteiger charge is 2.29. The van der Waals surface area contributed by atoms with Crippen LogP contribution in [0.1, 0.15) is 16.7 Å². The Morgan fingerprint density at radius 2 is 1.52 bits per heavy atom. The van der Waals surface area contributed by atoms with Gasteiger partial charge in [-0.25, -0.2) is 8.42 Å². The summed E-state index contributed by atoms with van der Waals surface area (Å²) in [7, 11) is -7.75. The van der Waals surface area contributed by atoms with Gasteiger partial charge < -0.3 is 4.74 Å². The number of benzene rings is 3. The van der Waals surface area contributed by atoms with Crippen LogP contribution in [-0.4, -0.2) is 14.7 Å². The molecule has 0 radical (unpaired) electrons. The minimum absolute atomic E-state index is 0.266. The first-order valence-electron chi connectivity index (χ1n) is 9.58. The molecule has 0 saturated carbocycles. The summed E-state index contributed by atoms with van der Waals surface area (Å²) in [4.78, 5) is 0.266. The van der Waals surface area contributed by atoms with Crippen LogP contribution in [0.25, 0.3) is 11.1 Å². The van der Waals surface area contributed by atoms with E-state index in [9.17, 15) is 22.0 Å². The Bertz CT molecular complexity index is 1260. The van der Waals surface area contributed by atoms with Gasteiger partial charge in [0.2, 0.25) is 0 Å². The largest absolute Gasteiger partial charge is 0.399 e. The summed E-state index contributed by atoms with van der Waals surface area (Å²) in [6.07, 6.45) is 0.606. The first-order chi connectivity index (χ1) is 15.6. The Kier molecular flexibility index (Phi) is 8.55. The van der Waals surface area contributed by atoms with E-state index in [1.165, 1.54) is 6.26 Å². The van der Waals surface area contributed by atoms with Gasteiger partial charge >= 0.3 is 7.60 Å². The van der Waals surface area contributed by atoms with E-state index in [4.69, 9.17) is 4.74 Å². The molecule has 3 aromatic rings. The predicted molar refractivity (Wildman–Crippen MR) is 123 cm³/mol. The van der Waals surface area contributed by atoms with Gasteiger partial charge in [-0.05, 0) is 55.1 Å². The molecule has 0 atom stereocenters. The van der Waals surface area contributed by atoms with E-state index in [0.717, 1.165) is 22.3 Å². The molecule has 6 nitrogen and oxygen atoms in total. The molecule has 0 amide bonds. The summed E-state index contributed by atoms with van der Waals surface area (Å²) in [6, 6.07) is 19.3. The number of sulfone groups is 1. The molecule has 0 aliphatic heterocycles. The van der Waals surface area contributed by atoms with Crippen molar-refractivity contribution in [3.8, 4) is 11.1 Å². The van der Waals surface area contributed by atoms with Crippen LogP contribution in [0.2, 0.25) is 0 Å². The molecule has 0 spiro atoms. The molecule has 33 heavy (non-hydrogen) atoms. The summed E-state index contributed by atoms with van der Waals surface area (Å²) in [5.74, 6) is 0. The molecule has 0 heterocycles. The molecular weight excluding hydrogens is 541 g/mol. The van der Waals surface area contributed by atoms with Crippen LogP contribution in [-0.2, 0) is 48.0 Å². The van der Waals surface area contributed by atoms with Crippen molar-refractivity contribution in [2.75, 3.05) is 6.26 Å². The predicted octanol–water partition coefficient (Wildman–Crippen LogP) is 6.73. The van der Waals surface area contributed by atoms with Crippen molar-refractivity contribution in [2.24, 2.45) is 0 Å². The molecule has 11 heteroatoms. The maximum absolute atomic E-state index is 12.3. The first-order valence-corrected chi connectivity index (χ1v) is 14.0. The average molecular weight is 561 g/mol. The monoisotopic (exact) mass is 560 g/mol. The van der Waals surface area contributed by atoms with Gasteiger partial charge in [0.25, 0.3) is 0 Å². The van der Waals surface area contributed by atoms with Gasteiger partial charge in [-0.2, -0.15) is 0 Å². The second-order valence-electron chi connectivity index (χ2n) is 7.32. The highest BCUT2D eigenvalue weighted by atomic mass is 79.9. The van der Waals surface area contributed by atoms with E-state index in [1.807, 2.05) is 30.3 Å². The normalized spacial score (nSPS) is 12.1. The summed E-state index contributed by atoms with van der Waals surface area (Å²) in [5.41, 5.74) is 3.76. The lowest BCUT2D eigenvalue weighted by Crippen LogP contribution is -1.97. The lowest BCUT2D eigenvalue weighted by atomic mass is 10.0. The topological polar surface area (TPSA) is 78.9 Å². The van der Waals surface area contributed by atoms with Crippen LogP contribution in [0.15, 0.2) is 76.1 Å². The van der Waals surface area contributed by atoms with Crippen molar-refractivity contribution in [1.29, 1.82) is 0 Å².